The van der Waals surface area contributed by atoms with Crippen molar-refractivity contribution in [2.45, 2.75) is 19.5 Å². The molecule has 0 aliphatic carbocycles. The average Bonchev–Trinajstić information content (AvgIpc) is 3.04. The third-order valence-corrected chi connectivity index (χ3v) is 3.86. The van der Waals surface area contributed by atoms with Crippen LogP contribution in [0, 0.1) is 0 Å². The van der Waals surface area contributed by atoms with E-state index in [1.165, 1.54) is 0 Å². The number of carbonyl (C=O) groups excluding carboxylic acids is 1. The van der Waals surface area contributed by atoms with E-state index in [4.69, 9.17) is 10.8 Å². The van der Waals surface area contributed by atoms with E-state index in [-0.39, 0.29) is 11.5 Å². The van der Waals surface area contributed by atoms with Crippen molar-refractivity contribution in [2.75, 3.05) is 0 Å². The van der Waals surface area contributed by atoms with E-state index >= 15 is 0 Å². The molecule has 1 aromatic carbocycles. The van der Waals surface area contributed by atoms with Gasteiger partial charge in [-0.25, -0.2) is 9.78 Å². The van der Waals surface area contributed by atoms with Gasteiger partial charge in [-0.2, -0.15) is 0 Å². The number of fused-ring (bicyclic) bond motifs is 1. The summed E-state index contributed by atoms with van der Waals surface area (Å²) in [5.41, 5.74) is 8.92. The molecule has 7 heteroatoms. The number of imidazole rings is 1. The van der Waals surface area contributed by atoms with Crippen molar-refractivity contribution in [3.05, 3.63) is 59.9 Å². The van der Waals surface area contributed by atoms with Crippen LogP contribution in [-0.2, 0) is 11.3 Å². The molecule has 25 heavy (non-hydrogen) atoms. The maximum absolute atomic E-state index is 11.7. The molecular formula is C18H18N4O3. The predicted octanol–water partition coefficient (Wildman–Crippen LogP) is 1.66. The fourth-order valence-corrected chi connectivity index (χ4v) is 2.48. The molecule has 0 unspecified atom stereocenters. The summed E-state index contributed by atoms with van der Waals surface area (Å²) >= 11 is 0. The molecule has 4 N–H and O–H groups in total. The molecule has 3 aromatic rings. The largest absolute Gasteiger partial charge is 0.478 e. The van der Waals surface area contributed by atoms with Crippen LogP contribution >= 0.6 is 0 Å². The number of nitrogens with two attached hydrogens (primary N) is 1. The number of carboxylic acid groups (broad SMARTS) is 1. The molecule has 0 saturated heterocycles. The number of nitrogens with one attached hydrogen (secondary N) is 1. The summed E-state index contributed by atoms with van der Waals surface area (Å²) in [4.78, 5) is 27.2. The van der Waals surface area contributed by atoms with Gasteiger partial charge in [0.25, 0.3) is 0 Å². The van der Waals surface area contributed by atoms with Crippen LogP contribution in [0.5, 0.6) is 0 Å². The smallest absolute Gasteiger partial charge is 0.335 e. The first-order chi connectivity index (χ1) is 12.0. The van der Waals surface area contributed by atoms with Gasteiger partial charge in [0.05, 0.1) is 17.3 Å². The molecule has 128 valence electrons. The summed E-state index contributed by atoms with van der Waals surface area (Å²) in [6.45, 7) is 1.96. The van der Waals surface area contributed by atoms with E-state index in [1.807, 2.05) is 28.9 Å². The zero-order chi connectivity index (χ0) is 18.0. The molecule has 0 radical (unpaired) electrons. The number of hydrogen-bond donors (Lipinski definition) is 3. The Bertz CT molecular complexity index is 929. The number of pyridine rings is 1. The summed E-state index contributed by atoms with van der Waals surface area (Å²) in [6, 6.07) is 9.74. The second-order valence-corrected chi connectivity index (χ2v) is 5.78. The van der Waals surface area contributed by atoms with Crippen molar-refractivity contribution < 1.29 is 14.7 Å². The molecule has 1 amide bonds. The minimum absolute atomic E-state index is 0.224. The van der Waals surface area contributed by atoms with Gasteiger partial charge in [0, 0.05) is 30.1 Å². The first-order valence-corrected chi connectivity index (χ1v) is 7.79. The summed E-state index contributed by atoms with van der Waals surface area (Å²) in [5.74, 6) is -1.19. The molecule has 1 atom stereocenters. The summed E-state index contributed by atoms with van der Waals surface area (Å²) in [6.07, 6.45) is 3.73. The van der Waals surface area contributed by atoms with Crippen molar-refractivity contribution in [2.24, 2.45) is 5.73 Å². The maximum atomic E-state index is 11.7. The van der Waals surface area contributed by atoms with Gasteiger partial charge >= 0.3 is 5.97 Å². The fraction of sp³-hybridized carbons (Fsp3) is 0.167. The quantitative estimate of drug-likeness (QED) is 0.655. The molecule has 0 fully saturated rings. The van der Waals surface area contributed by atoms with Gasteiger partial charge in [-0.05, 0) is 25.1 Å². The number of nitrogens with zero attached hydrogens (tertiary/aromatic N) is 2. The van der Waals surface area contributed by atoms with Gasteiger partial charge in [-0.1, -0.05) is 18.2 Å². The number of amides is 1. The van der Waals surface area contributed by atoms with E-state index in [1.54, 1.807) is 31.2 Å². The van der Waals surface area contributed by atoms with Gasteiger partial charge in [-0.15, -0.1) is 0 Å². The second kappa shape index (κ2) is 6.74. The minimum Gasteiger partial charge on any atom is -0.478 e. The fourth-order valence-electron chi connectivity index (χ4n) is 2.48. The number of carbonyl (C=O) groups is 2. The Morgan fingerprint density at radius 1 is 1.28 bits per heavy atom. The van der Waals surface area contributed by atoms with Gasteiger partial charge in [0.1, 0.15) is 5.65 Å². The van der Waals surface area contributed by atoms with E-state index in [2.05, 4.69) is 10.3 Å². The van der Waals surface area contributed by atoms with Crippen LogP contribution in [0.3, 0.4) is 0 Å². The van der Waals surface area contributed by atoms with Crippen LogP contribution in [0.4, 0.5) is 0 Å². The molecule has 0 saturated carbocycles. The zero-order valence-corrected chi connectivity index (χ0v) is 13.6. The lowest BCUT2D eigenvalue weighted by atomic mass is 10.1. The second-order valence-electron chi connectivity index (χ2n) is 5.78. The molecule has 7 nitrogen and oxygen atoms in total. The van der Waals surface area contributed by atoms with E-state index in [9.17, 15) is 9.59 Å². The van der Waals surface area contributed by atoms with Crippen LogP contribution in [-0.4, -0.2) is 32.4 Å². The third-order valence-electron chi connectivity index (χ3n) is 3.86. The molecule has 0 bridgehead atoms. The lowest BCUT2D eigenvalue weighted by Gasteiger charge is -2.08. The lowest BCUT2D eigenvalue weighted by molar-refractivity contribution is -0.122. The topological polar surface area (TPSA) is 110 Å². The molecule has 2 aromatic heterocycles. The molecule has 0 aliphatic heterocycles. The van der Waals surface area contributed by atoms with E-state index in [0.717, 1.165) is 22.5 Å². The monoisotopic (exact) mass is 338 g/mol. The highest BCUT2D eigenvalue weighted by Crippen LogP contribution is 2.21. The Labute approximate surface area is 144 Å². The van der Waals surface area contributed by atoms with Crippen LogP contribution in [0.2, 0.25) is 0 Å². The minimum atomic E-state index is -0.964. The first kappa shape index (κ1) is 16.7. The molecule has 0 aliphatic rings. The maximum Gasteiger partial charge on any atom is 0.335 e. The number of carboxylic acids is 1. The van der Waals surface area contributed by atoms with Crippen LogP contribution in [0.15, 0.2) is 48.8 Å². The van der Waals surface area contributed by atoms with Crippen molar-refractivity contribution in [3.63, 3.8) is 0 Å². The zero-order valence-electron chi connectivity index (χ0n) is 13.6. The Morgan fingerprint density at radius 2 is 2.00 bits per heavy atom. The van der Waals surface area contributed by atoms with Crippen molar-refractivity contribution in [1.29, 1.82) is 0 Å². The molecule has 2 heterocycles. The van der Waals surface area contributed by atoms with Crippen LogP contribution in [0.25, 0.3) is 16.9 Å². The predicted molar refractivity (Wildman–Crippen MR) is 93.1 cm³/mol. The third kappa shape index (κ3) is 3.51. The number of aromatic nitrogens is 2. The number of benzene rings is 1. The first-order valence-electron chi connectivity index (χ1n) is 7.79. The Balaban J connectivity index is 1.90. The standard InChI is InChI=1S/C18H18N4O3/c1-11(19)17(23)20-9-14-3-2-8-22-10-15(21-16(14)22)12-4-6-13(7-5-12)18(24)25/h2-8,10-11H,9,19H2,1H3,(H,20,23)(H,24,25)/t11-/m0/s1. The van der Waals surface area contributed by atoms with Crippen molar-refractivity contribution >= 4 is 17.5 Å². The van der Waals surface area contributed by atoms with Crippen LogP contribution in [0.1, 0.15) is 22.8 Å². The highest BCUT2D eigenvalue weighted by molar-refractivity contribution is 5.88. The number of hydrogen-bond acceptors (Lipinski definition) is 4. The van der Waals surface area contributed by atoms with Gasteiger partial charge in [0.15, 0.2) is 0 Å². The summed E-state index contributed by atoms with van der Waals surface area (Å²) < 4.78 is 1.87. The number of rotatable bonds is 5. The van der Waals surface area contributed by atoms with E-state index in [0.29, 0.717) is 6.54 Å². The Kier molecular flexibility index (Phi) is 4.49. The Hall–Kier alpha value is -3.19. The van der Waals surface area contributed by atoms with E-state index < -0.39 is 12.0 Å². The van der Waals surface area contributed by atoms with Gasteiger partial charge in [0.2, 0.25) is 5.91 Å². The molecular weight excluding hydrogens is 320 g/mol. The summed E-state index contributed by atoms with van der Waals surface area (Å²) in [5, 5.41) is 11.8. The number of aromatic carboxylic acids is 1. The average molecular weight is 338 g/mol. The highest BCUT2D eigenvalue weighted by atomic mass is 16.4. The highest BCUT2D eigenvalue weighted by Gasteiger charge is 2.11. The lowest BCUT2D eigenvalue weighted by Crippen LogP contribution is -2.37. The molecule has 0 spiro atoms. The van der Waals surface area contributed by atoms with Crippen molar-refractivity contribution in [1.82, 2.24) is 14.7 Å². The molecule has 3 rings (SSSR count). The van der Waals surface area contributed by atoms with Crippen molar-refractivity contribution in [3.8, 4) is 11.3 Å². The van der Waals surface area contributed by atoms with Gasteiger partial charge in [-0.3, -0.25) is 4.79 Å². The van der Waals surface area contributed by atoms with Crippen LogP contribution < -0.4 is 11.1 Å². The SMILES string of the molecule is C[C@H](N)C(=O)NCc1cccn2cc(-c3ccc(C(=O)O)cc3)nc12. The summed E-state index contributed by atoms with van der Waals surface area (Å²) in [7, 11) is 0. The van der Waals surface area contributed by atoms with Gasteiger partial charge < -0.3 is 20.6 Å². The normalized spacial score (nSPS) is 12.1. The Morgan fingerprint density at radius 3 is 2.64 bits per heavy atom.